The number of carbonyl (C=O) groups is 2. The summed E-state index contributed by atoms with van der Waals surface area (Å²) in [4.78, 5) is 22.9. The largest absolute Gasteiger partial charge is 0.461 e. The molecule has 0 aromatic carbocycles. The number of fused-ring (bicyclic) bond motifs is 1. The Morgan fingerprint density at radius 2 is 2.08 bits per heavy atom. The Kier molecular flexibility index (Phi) is 5.90. The molecule has 1 saturated heterocycles. The van der Waals surface area contributed by atoms with Crippen molar-refractivity contribution in [3.8, 4) is 0 Å². The number of tetrazole rings is 1. The van der Waals surface area contributed by atoms with Crippen LogP contribution in [0.3, 0.4) is 0 Å². The highest BCUT2D eigenvalue weighted by atomic mass is 16.6. The van der Waals surface area contributed by atoms with Crippen LogP contribution in [0.15, 0.2) is 0 Å². The van der Waals surface area contributed by atoms with Crippen LogP contribution in [0.25, 0.3) is 0 Å². The molecule has 2 fully saturated rings. The van der Waals surface area contributed by atoms with Crippen molar-refractivity contribution in [2.75, 3.05) is 19.8 Å². The van der Waals surface area contributed by atoms with Crippen molar-refractivity contribution in [1.82, 2.24) is 25.9 Å². The lowest BCUT2D eigenvalue weighted by atomic mass is 9.69. The van der Waals surface area contributed by atoms with E-state index in [0.717, 1.165) is 37.9 Å². The van der Waals surface area contributed by atoms with Crippen molar-refractivity contribution in [2.24, 2.45) is 23.5 Å². The van der Waals surface area contributed by atoms with E-state index in [4.69, 9.17) is 11.8 Å². The Bertz CT molecular complexity index is 645. The molecule has 10 nitrogen and oxygen atoms in total. The third kappa shape index (κ3) is 5.13. The number of nitrogens with one attached hydrogen (secondary N) is 2. The molecule has 2 aliphatic rings. The third-order valence-corrected chi connectivity index (χ3v) is 5.27. The van der Waals surface area contributed by atoms with E-state index >= 15 is 0 Å². The van der Waals surface area contributed by atoms with E-state index in [9.17, 15) is 9.59 Å². The maximum Gasteiger partial charge on any atom is 0.404 e. The average molecular weight is 367 g/mol. The fourth-order valence-corrected chi connectivity index (χ4v) is 3.93. The molecule has 26 heavy (non-hydrogen) atoms. The Hall–Kier alpha value is -2.23. The molecule has 1 aromatic heterocycles. The summed E-state index contributed by atoms with van der Waals surface area (Å²) in [5, 5.41) is 17.1. The van der Waals surface area contributed by atoms with Crippen molar-refractivity contribution < 1.29 is 20.4 Å². The minimum atomic E-state index is -1.45. The fourth-order valence-electron chi connectivity index (χ4n) is 3.93. The van der Waals surface area contributed by atoms with Gasteiger partial charge in [-0.3, -0.25) is 4.79 Å². The predicted octanol–water partition coefficient (Wildman–Crippen LogP) is 0.165. The highest BCUT2D eigenvalue weighted by Crippen LogP contribution is 2.40. The minimum absolute atomic E-state index is 0.106. The molecule has 1 aliphatic carbocycles. The summed E-state index contributed by atoms with van der Waals surface area (Å²) in [5.74, 6) is 1.41. The van der Waals surface area contributed by atoms with E-state index in [1.54, 1.807) is 0 Å². The van der Waals surface area contributed by atoms with E-state index in [0.29, 0.717) is 30.7 Å². The summed E-state index contributed by atoms with van der Waals surface area (Å²) in [6.45, 7) is 0.422. The second-order valence-corrected chi connectivity index (χ2v) is 6.93. The number of hydrogen-bond acceptors (Lipinski definition) is 8. The standard InChI is InChI=1S/C16H26N6O4/c17-16(24)26-6-5-25-15(23)13-8-12-7-10(1-3-11(12)9-18-13)2-4-14-19-21-22-20-14/h10-13,18H,1-9H2,(H2,17,24)(H,19,20,21,22)/t10-,11+,12-,13+/m1/s1/i13D. The second-order valence-electron chi connectivity index (χ2n) is 6.93. The maximum atomic E-state index is 12.3. The third-order valence-electron chi connectivity index (χ3n) is 5.27. The quantitative estimate of drug-likeness (QED) is 0.456. The number of rotatable bonds is 7. The number of ether oxygens (including phenoxy) is 2. The molecule has 0 unspecified atom stereocenters. The molecule has 0 bridgehead atoms. The molecule has 1 aliphatic heterocycles. The lowest BCUT2D eigenvalue weighted by molar-refractivity contribution is -0.149. The van der Waals surface area contributed by atoms with Crippen LogP contribution in [0.1, 0.15) is 39.3 Å². The van der Waals surface area contributed by atoms with Gasteiger partial charge in [-0.05, 0) is 50.0 Å². The van der Waals surface area contributed by atoms with E-state index in [-0.39, 0.29) is 13.2 Å². The molecule has 144 valence electrons. The van der Waals surface area contributed by atoms with Crippen molar-refractivity contribution in [2.45, 2.75) is 44.5 Å². The van der Waals surface area contributed by atoms with Crippen LogP contribution in [-0.4, -0.2) is 58.5 Å². The summed E-state index contributed by atoms with van der Waals surface area (Å²) in [5.41, 5.74) is 4.86. The van der Waals surface area contributed by atoms with Gasteiger partial charge in [0.05, 0.1) is 1.37 Å². The fraction of sp³-hybridized carbons (Fsp3) is 0.812. The van der Waals surface area contributed by atoms with Gasteiger partial charge in [0.1, 0.15) is 19.2 Å². The predicted molar refractivity (Wildman–Crippen MR) is 89.7 cm³/mol. The van der Waals surface area contributed by atoms with Gasteiger partial charge in [-0.25, -0.2) is 4.79 Å². The molecule has 4 N–H and O–H groups in total. The van der Waals surface area contributed by atoms with E-state index < -0.39 is 18.1 Å². The summed E-state index contributed by atoms with van der Waals surface area (Å²) in [6, 6.07) is -1.45. The monoisotopic (exact) mass is 367 g/mol. The Balaban J connectivity index is 1.48. The number of hydrogen-bond donors (Lipinski definition) is 3. The smallest absolute Gasteiger partial charge is 0.404 e. The molecule has 10 heteroatoms. The number of esters is 1. The van der Waals surface area contributed by atoms with Crippen LogP contribution >= 0.6 is 0 Å². The lowest BCUT2D eigenvalue weighted by Crippen LogP contribution is -2.50. The highest BCUT2D eigenvalue weighted by Gasteiger charge is 2.38. The van der Waals surface area contributed by atoms with E-state index in [1.165, 1.54) is 0 Å². The van der Waals surface area contributed by atoms with Crippen molar-refractivity contribution in [1.29, 1.82) is 0 Å². The Labute approximate surface area is 153 Å². The number of primary amides is 1. The number of aromatic amines is 1. The normalized spacial score (nSPS) is 31.5. The number of H-pyrrole nitrogens is 1. The van der Waals surface area contributed by atoms with Crippen LogP contribution in [0.4, 0.5) is 4.79 Å². The summed E-state index contributed by atoms with van der Waals surface area (Å²) >= 11 is 0. The molecule has 1 saturated carbocycles. The molecular weight excluding hydrogens is 340 g/mol. The zero-order valence-electron chi connectivity index (χ0n) is 15.6. The minimum Gasteiger partial charge on any atom is -0.461 e. The first-order valence-electron chi connectivity index (χ1n) is 9.53. The number of aryl methyl sites for hydroxylation is 1. The SMILES string of the molecule is [2H][C@@]1(C(=O)OCCOC(N)=O)C[C@H]2C[C@@H](CCc3nn[nH]n3)CC[C@H]2CN1. The molecule has 4 atom stereocenters. The van der Waals surface area contributed by atoms with Gasteiger partial charge in [0, 0.05) is 6.42 Å². The van der Waals surface area contributed by atoms with Crippen LogP contribution < -0.4 is 11.1 Å². The van der Waals surface area contributed by atoms with Crippen molar-refractivity contribution in [3.63, 3.8) is 0 Å². The number of piperidine rings is 1. The molecule has 3 rings (SSSR count). The first-order chi connectivity index (χ1) is 13.0. The molecular formula is C16H26N6O4. The number of amides is 1. The van der Waals surface area contributed by atoms with Gasteiger partial charge in [0.2, 0.25) is 0 Å². The van der Waals surface area contributed by atoms with Gasteiger partial charge in [0.15, 0.2) is 5.82 Å². The summed E-state index contributed by atoms with van der Waals surface area (Å²) in [7, 11) is 0. The van der Waals surface area contributed by atoms with Crippen molar-refractivity contribution >= 4 is 12.1 Å². The van der Waals surface area contributed by atoms with Crippen LogP contribution in [0.2, 0.25) is 0 Å². The molecule has 0 spiro atoms. The average Bonchev–Trinajstić information content (AvgIpc) is 3.16. The summed E-state index contributed by atoms with van der Waals surface area (Å²) < 4.78 is 18.1. The van der Waals surface area contributed by atoms with Gasteiger partial charge in [-0.2, -0.15) is 5.21 Å². The Morgan fingerprint density at radius 1 is 1.23 bits per heavy atom. The van der Waals surface area contributed by atoms with Gasteiger partial charge >= 0.3 is 12.1 Å². The highest BCUT2D eigenvalue weighted by molar-refractivity contribution is 5.76. The Morgan fingerprint density at radius 3 is 2.85 bits per heavy atom. The number of nitrogens with zero attached hydrogens (tertiary/aromatic N) is 3. The lowest BCUT2D eigenvalue weighted by Gasteiger charge is -2.42. The zero-order valence-corrected chi connectivity index (χ0v) is 14.6. The number of carbonyl (C=O) groups excluding carboxylic acids is 2. The summed E-state index contributed by atoms with van der Waals surface area (Å²) in [6.07, 6.45) is 4.49. The second kappa shape index (κ2) is 8.93. The van der Waals surface area contributed by atoms with Gasteiger partial charge < -0.3 is 20.5 Å². The zero-order chi connectivity index (χ0) is 19.3. The van der Waals surface area contributed by atoms with Gasteiger partial charge in [-0.15, -0.1) is 10.2 Å². The van der Waals surface area contributed by atoms with E-state index in [2.05, 4.69) is 30.7 Å². The van der Waals surface area contributed by atoms with Crippen LogP contribution in [0, 0.1) is 17.8 Å². The molecule has 1 aromatic rings. The van der Waals surface area contributed by atoms with Crippen LogP contribution in [-0.2, 0) is 20.7 Å². The van der Waals surface area contributed by atoms with Gasteiger partial charge in [-0.1, -0.05) is 11.6 Å². The van der Waals surface area contributed by atoms with Crippen molar-refractivity contribution in [3.05, 3.63) is 5.82 Å². The number of aromatic nitrogens is 4. The van der Waals surface area contributed by atoms with E-state index in [1.807, 2.05) is 0 Å². The molecule has 2 heterocycles. The molecule has 0 radical (unpaired) electrons. The first kappa shape index (κ1) is 17.2. The van der Waals surface area contributed by atoms with Gasteiger partial charge in [0.25, 0.3) is 0 Å². The van der Waals surface area contributed by atoms with Crippen LogP contribution in [0.5, 0.6) is 0 Å². The number of nitrogens with two attached hydrogens (primary N) is 1. The first-order valence-corrected chi connectivity index (χ1v) is 9.03. The molecule has 1 amide bonds. The maximum absolute atomic E-state index is 12.3. The topological polar surface area (TPSA) is 145 Å².